The number of carbonyl (C=O) groups excluding carboxylic acids is 2. The van der Waals surface area contributed by atoms with E-state index in [1.165, 1.54) is 0 Å². The number of hydrogen-bond donors (Lipinski definition) is 3. The molecule has 3 aromatic carbocycles. The lowest BCUT2D eigenvalue weighted by Crippen LogP contribution is -2.29. The molecule has 34 heavy (non-hydrogen) atoms. The van der Waals surface area contributed by atoms with Crippen LogP contribution in [-0.2, 0) is 15.1 Å². The lowest BCUT2D eigenvalue weighted by atomic mass is 9.91. The summed E-state index contributed by atoms with van der Waals surface area (Å²) in [6.07, 6.45) is 0. The molecule has 0 bridgehead atoms. The third kappa shape index (κ3) is 4.58. The summed E-state index contributed by atoms with van der Waals surface area (Å²) in [6.45, 7) is 8.02. The number of carbonyl (C=O) groups is 2. The van der Waals surface area contributed by atoms with Crippen LogP contribution in [0.5, 0.6) is 0 Å². The largest absolute Gasteiger partial charge is 0.462 e. The van der Waals surface area contributed by atoms with E-state index in [2.05, 4.69) is 10.6 Å². The van der Waals surface area contributed by atoms with Crippen molar-refractivity contribution in [2.75, 3.05) is 17.2 Å². The smallest absolute Gasteiger partial charge is 0.338 e. The molecular formula is C28H29N3O3. The average Bonchev–Trinajstić information content (AvgIpc) is 3.12. The summed E-state index contributed by atoms with van der Waals surface area (Å²) in [5.74, 6) is -0.657. The van der Waals surface area contributed by atoms with E-state index >= 15 is 0 Å². The predicted octanol–water partition coefficient (Wildman–Crippen LogP) is 5.30. The van der Waals surface area contributed by atoms with Crippen molar-refractivity contribution in [2.24, 2.45) is 5.73 Å². The molecule has 0 spiro atoms. The number of amides is 1. The van der Waals surface area contributed by atoms with Gasteiger partial charge in [-0.2, -0.15) is 0 Å². The maximum absolute atomic E-state index is 13.2. The van der Waals surface area contributed by atoms with Crippen LogP contribution in [-0.4, -0.2) is 18.5 Å². The first-order valence-corrected chi connectivity index (χ1v) is 11.3. The molecule has 0 saturated carbocycles. The van der Waals surface area contributed by atoms with Gasteiger partial charge in [0, 0.05) is 16.8 Å². The first kappa shape index (κ1) is 23.3. The molecule has 6 heteroatoms. The highest BCUT2D eigenvalue weighted by atomic mass is 16.5. The van der Waals surface area contributed by atoms with Crippen LogP contribution in [0.25, 0.3) is 11.3 Å². The zero-order valence-corrected chi connectivity index (χ0v) is 19.9. The lowest BCUT2D eigenvalue weighted by molar-refractivity contribution is -0.110. The summed E-state index contributed by atoms with van der Waals surface area (Å²) >= 11 is 0. The molecule has 0 unspecified atom stereocenters. The highest BCUT2D eigenvalue weighted by molar-refractivity contribution is 6.37. The molecule has 1 heterocycles. The van der Waals surface area contributed by atoms with Gasteiger partial charge in [-0.3, -0.25) is 4.79 Å². The van der Waals surface area contributed by atoms with Crippen LogP contribution in [0.2, 0.25) is 0 Å². The van der Waals surface area contributed by atoms with E-state index in [0.29, 0.717) is 22.5 Å². The summed E-state index contributed by atoms with van der Waals surface area (Å²) in [7, 11) is 0. The minimum Gasteiger partial charge on any atom is -0.462 e. The average molecular weight is 456 g/mol. The quantitative estimate of drug-likeness (QED) is 0.346. The monoisotopic (exact) mass is 455 g/mol. The van der Waals surface area contributed by atoms with Crippen LogP contribution in [0.15, 0.2) is 66.7 Å². The van der Waals surface area contributed by atoms with Gasteiger partial charge in [0.15, 0.2) is 0 Å². The Balaban J connectivity index is 1.82. The summed E-state index contributed by atoms with van der Waals surface area (Å²) in [5.41, 5.74) is 12.6. The second-order valence-electron chi connectivity index (χ2n) is 8.93. The third-order valence-corrected chi connectivity index (χ3v) is 5.78. The molecular weight excluding hydrogens is 426 g/mol. The Hall–Kier alpha value is -3.90. The van der Waals surface area contributed by atoms with E-state index < -0.39 is 11.5 Å². The zero-order valence-electron chi connectivity index (χ0n) is 19.9. The van der Waals surface area contributed by atoms with Crippen molar-refractivity contribution in [3.63, 3.8) is 0 Å². The van der Waals surface area contributed by atoms with Gasteiger partial charge < -0.3 is 21.1 Å². The van der Waals surface area contributed by atoms with E-state index in [1.54, 1.807) is 25.1 Å². The summed E-state index contributed by atoms with van der Waals surface area (Å²) in [4.78, 5) is 25.3. The van der Waals surface area contributed by atoms with Crippen LogP contribution < -0.4 is 16.4 Å². The molecule has 1 amide bonds. The van der Waals surface area contributed by atoms with Gasteiger partial charge in [-0.15, -0.1) is 0 Å². The van der Waals surface area contributed by atoms with Crippen molar-refractivity contribution in [2.45, 2.75) is 33.2 Å². The number of aryl methyl sites for hydroxylation is 1. The fraction of sp³-hybridized carbons (Fsp3) is 0.214. The number of fused-ring (bicyclic) bond motifs is 1. The van der Waals surface area contributed by atoms with Gasteiger partial charge in [0.05, 0.1) is 29.1 Å². The Labute approximate surface area is 199 Å². The van der Waals surface area contributed by atoms with Crippen LogP contribution >= 0.6 is 0 Å². The first-order valence-electron chi connectivity index (χ1n) is 11.3. The number of hydrogen-bond acceptors (Lipinski definition) is 5. The Morgan fingerprint density at radius 2 is 1.76 bits per heavy atom. The normalized spacial score (nSPS) is 14.3. The molecule has 4 rings (SSSR count). The number of nitrogens with one attached hydrogen (secondary N) is 2. The van der Waals surface area contributed by atoms with Crippen LogP contribution in [0.4, 0.5) is 11.4 Å². The Bertz CT molecular complexity index is 1290. The molecule has 0 aromatic heterocycles. The fourth-order valence-electron chi connectivity index (χ4n) is 4.25. The Kier molecular flexibility index (Phi) is 6.26. The number of anilines is 2. The van der Waals surface area contributed by atoms with Crippen molar-refractivity contribution in [1.29, 1.82) is 0 Å². The SMILES string of the molecule is CCOC(=O)c1ccc2c(c1)NC(=O)C2=C(Nc1ccc(C(C)(C)N)c(C)c1)c1ccccc1. The molecule has 4 N–H and O–H groups in total. The fourth-order valence-corrected chi connectivity index (χ4v) is 4.25. The standard InChI is InChI=1S/C28H29N3O3/c1-5-34-27(33)19-11-13-21-23(16-19)31-26(32)24(21)25(18-9-7-6-8-10-18)30-20-12-14-22(17(2)15-20)28(3,4)29/h6-16,30H,5,29H2,1-4H3,(H,31,32). The van der Waals surface area contributed by atoms with Crippen molar-refractivity contribution in [3.8, 4) is 0 Å². The minimum atomic E-state index is -0.454. The number of rotatable bonds is 6. The summed E-state index contributed by atoms with van der Waals surface area (Å²) < 4.78 is 5.10. The number of benzene rings is 3. The van der Waals surface area contributed by atoms with E-state index in [4.69, 9.17) is 10.5 Å². The molecule has 174 valence electrons. The van der Waals surface area contributed by atoms with Gasteiger partial charge in [-0.1, -0.05) is 42.5 Å². The van der Waals surface area contributed by atoms with Crippen LogP contribution in [0.3, 0.4) is 0 Å². The molecule has 0 aliphatic carbocycles. The van der Waals surface area contributed by atoms with Gasteiger partial charge in [-0.25, -0.2) is 4.79 Å². The topological polar surface area (TPSA) is 93.4 Å². The van der Waals surface area contributed by atoms with Gasteiger partial charge in [0.2, 0.25) is 0 Å². The van der Waals surface area contributed by atoms with Gasteiger partial charge in [0.25, 0.3) is 5.91 Å². The second-order valence-corrected chi connectivity index (χ2v) is 8.93. The van der Waals surface area contributed by atoms with Crippen molar-refractivity contribution in [3.05, 3.63) is 94.5 Å². The molecule has 0 saturated heterocycles. The molecule has 1 aliphatic rings. The number of esters is 1. The minimum absolute atomic E-state index is 0.237. The Morgan fingerprint density at radius 1 is 1.03 bits per heavy atom. The molecule has 3 aromatic rings. The van der Waals surface area contributed by atoms with Crippen molar-refractivity contribution in [1.82, 2.24) is 0 Å². The summed E-state index contributed by atoms with van der Waals surface area (Å²) in [5, 5.41) is 6.37. The first-order chi connectivity index (χ1) is 16.2. The van der Waals surface area contributed by atoms with E-state index in [9.17, 15) is 9.59 Å². The molecule has 6 nitrogen and oxygen atoms in total. The Morgan fingerprint density at radius 3 is 2.41 bits per heavy atom. The van der Waals surface area contributed by atoms with Crippen LogP contribution in [0.1, 0.15) is 53.4 Å². The number of nitrogens with two attached hydrogens (primary N) is 1. The van der Waals surface area contributed by atoms with Crippen LogP contribution in [0, 0.1) is 6.92 Å². The summed E-state index contributed by atoms with van der Waals surface area (Å²) in [6, 6.07) is 20.8. The maximum Gasteiger partial charge on any atom is 0.338 e. The highest BCUT2D eigenvalue weighted by Crippen LogP contribution is 2.38. The van der Waals surface area contributed by atoms with E-state index in [-0.39, 0.29) is 12.5 Å². The van der Waals surface area contributed by atoms with Crippen molar-refractivity contribution < 1.29 is 14.3 Å². The maximum atomic E-state index is 13.2. The van der Waals surface area contributed by atoms with Gasteiger partial charge in [0.1, 0.15) is 0 Å². The molecule has 0 radical (unpaired) electrons. The molecule has 0 atom stereocenters. The molecule has 0 fully saturated rings. The van der Waals surface area contributed by atoms with E-state index in [1.807, 2.05) is 69.3 Å². The second kappa shape index (κ2) is 9.15. The molecule has 1 aliphatic heterocycles. The lowest BCUT2D eigenvalue weighted by Gasteiger charge is -2.23. The third-order valence-electron chi connectivity index (χ3n) is 5.78. The highest BCUT2D eigenvalue weighted by Gasteiger charge is 2.29. The zero-order chi connectivity index (χ0) is 24.5. The van der Waals surface area contributed by atoms with Gasteiger partial charge >= 0.3 is 5.97 Å². The van der Waals surface area contributed by atoms with Crippen molar-refractivity contribution >= 4 is 34.5 Å². The van der Waals surface area contributed by atoms with E-state index in [0.717, 1.165) is 27.9 Å². The number of ether oxygens (including phenoxy) is 1. The predicted molar refractivity (Wildman–Crippen MR) is 136 cm³/mol. The van der Waals surface area contributed by atoms with Gasteiger partial charge in [-0.05, 0) is 68.7 Å².